The number of para-hydroxylation sites is 1. The molecule has 190 valence electrons. The molecule has 2 saturated heterocycles. The summed E-state index contributed by atoms with van der Waals surface area (Å²) in [7, 11) is 0. The normalized spacial score (nSPS) is 27.6. The zero-order valence-corrected chi connectivity index (χ0v) is 21.2. The Morgan fingerprint density at radius 3 is 2.33 bits per heavy atom. The number of carbonyl (C=O) groups is 2. The molecule has 0 aromatic heterocycles. The minimum Gasteiger partial charge on any atom is -0.494 e. The molecule has 0 saturated carbocycles. The summed E-state index contributed by atoms with van der Waals surface area (Å²) in [5, 5.41) is 1.76. The predicted molar refractivity (Wildman–Crippen MR) is 138 cm³/mol. The molecule has 3 aliphatic heterocycles. The average Bonchev–Trinajstić information content (AvgIpc) is 3.44. The summed E-state index contributed by atoms with van der Waals surface area (Å²) in [5.41, 5.74) is 1.93. The van der Waals surface area contributed by atoms with Crippen molar-refractivity contribution in [2.24, 2.45) is 5.92 Å². The zero-order valence-electron chi connectivity index (χ0n) is 21.2. The van der Waals surface area contributed by atoms with Crippen LogP contribution in [0.25, 0.3) is 0 Å². The smallest absolute Gasteiger partial charge is 0.266 e. The molecular weight excluding hydrogens is 456 g/mol. The Morgan fingerprint density at radius 1 is 0.972 bits per heavy atom. The minimum atomic E-state index is -0.901. The second-order valence-corrected chi connectivity index (χ2v) is 9.68. The van der Waals surface area contributed by atoms with Crippen LogP contribution in [0.3, 0.4) is 0 Å². The van der Waals surface area contributed by atoms with Gasteiger partial charge >= 0.3 is 0 Å². The number of hydroxylamine groups is 1. The van der Waals surface area contributed by atoms with Crippen LogP contribution in [0.2, 0.25) is 0 Å². The quantitative estimate of drug-likeness (QED) is 0.461. The van der Waals surface area contributed by atoms with Crippen molar-refractivity contribution in [1.29, 1.82) is 0 Å². The van der Waals surface area contributed by atoms with Gasteiger partial charge in [-0.15, -0.1) is 0 Å². The van der Waals surface area contributed by atoms with Gasteiger partial charge in [0, 0.05) is 0 Å². The number of hydrogen-bond donors (Lipinski definition) is 0. The number of allylic oxidation sites excluding steroid dienone is 1. The number of hydrogen-bond acceptors (Lipinski definition) is 6. The maximum atomic E-state index is 14.0. The van der Waals surface area contributed by atoms with Crippen molar-refractivity contribution < 1.29 is 23.9 Å². The summed E-state index contributed by atoms with van der Waals surface area (Å²) in [6.07, 6.45) is 5.13. The monoisotopic (exact) mass is 490 g/mol. The molecule has 0 spiro atoms. The van der Waals surface area contributed by atoms with E-state index in [1.807, 2.05) is 43.5 Å². The number of amides is 2. The third kappa shape index (κ3) is 4.05. The van der Waals surface area contributed by atoms with E-state index in [1.165, 1.54) is 10.5 Å². The summed E-state index contributed by atoms with van der Waals surface area (Å²) in [6, 6.07) is 16.3. The van der Waals surface area contributed by atoms with Gasteiger partial charge in [-0.3, -0.25) is 14.4 Å². The number of imide groups is 1. The number of ether oxygens (including phenoxy) is 2. The van der Waals surface area contributed by atoms with Gasteiger partial charge in [0.05, 0.1) is 24.2 Å². The number of nitrogens with zero attached hydrogens (tertiary/aromatic N) is 2. The second kappa shape index (κ2) is 9.97. The Kier molecular flexibility index (Phi) is 6.75. The fourth-order valence-corrected chi connectivity index (χ4v) is 5.55. The average molecular weight is 491 g/mol. The lowest BCUT2D eigenvalue weighted by atomic mass is 9.76. The van der Waals surface area contributed by atoms with Gasteiger partial charge in [-0.25, -0.2) is 9.96 Å². The standard InChI is InChI=1S/C29H34N2O5/c1-4-18-34-23-14-12-21(13-15-23)30-27(32)24-25(28(30)33)36-31(22-10-8-7-9-11-22)26(24)29(6-3)17-16-20(5-2)19-35-29/h7-15,19,24-26H,4-6,16-18H2,1-3H3/t24-,25+,26-,29-/m0/s1. The van der Waals surface area contributed by atoms with E-state index in [9.17, 15) is 9.59 Å². The maximum absolute atomic E-state index is 14.0. The van der Waals surface area contributed by atoms with E-state index in [0.717, 1.165) is 31.4 Å². The molecule has 0 radical (unpaired) electrons. The Bertz CT molecular complexity index is 1130. The summed E-state index contributed by atoms with van der Waals surface area (Å²) in [4.78, 5) is 35.2. The van der Waals surface area contributed by atoms with E-state index in [2.05, 4.69) is 13.8 Å². The fourth-order valence-electron chi connectivity index (χ4n) is 5.55. The first kappa shape index (κ1) is 24.4. The van der Waals surface area contributed by atoms with Crippen LogP contribution in [0, 0.1) is 5.92 Å². The van der Waals surface area contributed by atoms with Gasteiger partial charge in [0.15, 0.2) is 6.10 Å². The van der Waals surface area contributed by atoms with Gasteiger partial charge in [0.1, 0.15) is 23.3 Å². The third-order valence-electron chi connectivity index (χ3n) is 7.62. The van der Waals surface area contributed by atoms with Crippen LogP contribution in [-0.2, 0) is 19.2 Å². The molecule has 5 rings (SSSR count). The lowest BCUT2D eigenvalue weighted by molar-refractivity contribution is -0.127. The van der Waals surface area contributed by atoms with Crippen molar-refractivity contribution in [3.8, 4) is 5.75 Å². The molecule has 4 atom stereocenters. The Morgan fingerprint density at radius 2 is 1.72 bits per heavy atom. The van der Waals surface area contributed by atoms with Crippen molar-refractivity contribution in [3.63, 3.8) is 0 Å². The molecule has 36 heavy (non-hydrogen) atoms. The molecule has 3 heterocycles. The van der Waals surface area contributed by atoms with Crippen LogP contribution >= 0.6 is 0 Å². The highest BCUT2D eigenvalue weighted by atomic mass is 16.7. The van der Waals surface area contributed by atoms with Gasteiger partial charge in [0.25, 0.3) is 5.91 Å². The van der Waals surface area contributed by atoms with Gasteiger partial charge in [-0.2, -0.15) is 0 Å². The second-order valence-electron chi connectivity index (χ2n) is 9.68. The van der Waals surface area contributed by atoms with E-state index < -0.39 is 23.7 Å². The molecule has 2 amide bonds. The van der Waals surface area contributed by atoms with E-state index in [4.69, 9.17) is 14.3 Å². The molecule has 0 N–H and O–H groups in total. The van der Waals surface area contributed by atoms with Crippen LogP contribution in [0.1, 0.15) is 52.9 Å². The van der Waals surface area contributed by atoms with E-state index >= 15 is 0 Å². The van der Waals surface area contributed by atoms with Gasteiger partial charge in [-0.05, 0) is 74.1 Å². The topological polar surface area (TPSA) is 68.3 Å². The molecule has 2 aromatic carbocycles. The van der Waals surface area contributed by atoms with Crippen LogP contribution in [-0.4, -0.2) is 36.2 Å². The van der Waals surface area contributed by atoms with Crippen molar-refractivity contribution in [2.45, 2.75) is 70.6 Å². The van der Waals surface area contributed by atoms with Gasteiger partial charge < -0.3 is 9.47 Å². The van der Waals surface area contributed by atoms with Crippen LogP contribution in [0.4, 0.5) is 11.4 Å². The maximum Gasteiger partial charge on any atom is 0.266 e. The molecule has 0 bridgehead atoms. The number of rotatable bonds is 8. The lowest BCUT2D eigenvalue weighted by Gasteiger charge is -2.45. The number of fused-ring (bicyclic) bond motifs is 1. The third-order valence-corrected chi connectivity index (χ3v) is 7.62. The van der Waals surface area contributed by atoms with Crippen molar-refractivity contribution in [2.75, 3.05) is 16.6 Å². The van der Waals surface area contributed by atoms with Crippen LogP contribution < -0.4 is 14.7 Å². The van der Waals surface area contributed by atoms with Crippen molar-refractivity contribution in [1.82, 2.24) is 0 Å². The summed E-state index contributed by atoms with van der Waals surface area (Å²) >= 11 is 0. The van der Waals surface area contributed by atoms with E-state index in [1.54, 1.807) is 29.3 Å². The van der Waals surface area contributed by atoms with Gasteiger partial charge in [0.2, 0.25) is 5.91 Å². The molecule has 3 aliphatic rings. The summed E-state index contributed by atoms with van der Waals surface area (Å²) in [6.45, 7) is 6.86. The fraction of sp³-hybridized carbons (Fsp3) is 0.448. The summed E-state index contributed by atoms with van der Waals surface area (Å²) < 4.78 is 12.1. The molecule has 0 aliphatic carbocycles. The first-order valence-electron chi connectivity index (χ1n) is 13.0. The highest BCUT2D eigenvalue weighted by Crippen LogP contribution is 2.49. The van der Waals surface area contributed by atoms with Crippen LogP contribution in [0.5, 0.6) is 5.75 Å². The number of anilines is 2. The molecule has 7 nitrogen and oxygen atoms in total. The van der Waals surface area contributed by atoms with Crippen molar-refractivity contribution in [3.05, 3.63) is 66.4 Å². The Hall–Kier alpha value is -3.32. The first-order valence-corrected chi connectivity index (χ1v) is 13.0. The summed E-state index contributed by atoms with van der Waals surface area (Å²) in [5.74, 6) is -0.562. The van der Waals surface area contributed by atoms with Gasteiger partial charge in [-0.1, -0.05) is 39.0 Å². The Balaban J connectivity index is 1.51. The Labute approximate surface area is 212 Å². The first-order chi connectivity index (χ1) is 17.5. The largest absolute Gasteiger partial charge is 0.494 e. The molecular formula is C29H34N2O5. The molecule has 0 unspecified atom stereocenters. The molecule has 2 fully saturated rings. The highest BCUT2D eigenvalue weighted by Gasteiger charge is 2.65. The van der Waals surface area contributed by atoms with Crippen molar-refractivity contribution >= 4 is 23.2 Å². The highest BCUT2D eigenvalue weighted by molar-refractivity contribution is 6.24. The zero-order chi connectivity index (χ0) is 25.3. The van der Waals surface area contributed by atoms with E-state index in [0.29, 0.717) is 24.5 Å². The predicted octanol–water partition coefficient (Wildman–Crippen LogP) is 5.41. The number of benzene rings is 2. The molecule has 2 aromatic rings. The lowest BCUT2D eigenvalue weighted by Crippen LogP contribution is -2.56. The van der Waals surface area contributed by atoms with E-state index in [-0.39, 0.29) is 11.8 Å². The molecule has 7 heteroatoms. The SMILES string of the molecule is CCCOc1ccc(N2C(=O)[C@@H]3[C@@H]([C@]4(CC)CCC(CC)=CO4)N(c4ccccc4)O[C@H]3C2=O)cc1. The minimum absolute atomic E-state index is 0.252. The van der Waals surface area contributed by atoms with Crippen LogP contribution in [0.15, 0.2) is 66.4 Å². The number of carbonyl (C=O) groups excluding carboxylic acids is 2.